The fourth-order valence-electron chi connectivity index (χ4n) is 38.3. The first kappa shape index (κ1) is 93.7. The quantitative estimate of drug-likeness (QED) is 0.0709. The minimum Gasteiger partial charge on any atom is -0.393 e. The Kier molecular flexibility index (Phi) is 29.5. The van der Waals surface area contributed by atoms with Crippen molar-refractivity contribution in [3.8, 4) is 0 Å². The predicted octanol–water partition coefficient (Wildman–Crippen LogP) is 22.8. The van der Waals surface area contributed by atoms with E-state index in [1.165, 1.54) is 141 Å². The summed E-state index contributed by atoms with van der Waals surface area (Å²) in [5.74, 6) is 15.0. The van der Waals surface area contributed by atoms with E-state index in [2.05, 4.69) is 138 Å². The van der Waals surface area contributed by atoms with E-state index in [1.54, 1.807) is 0 Å². The second-order valence-electron chi connectivity index (χ2n) is 47.7. The van der Waals surface area contributed by atoms with Crippen molar-refractivity contribution in [2.24, 2.45) is 209 Å². The lowest BCUT2D eigenvalue weighted by Crippen LogP contribution is -2.65. The van der Waals surface area contributed by atoms with E-state index in [-0.39, 0.29) is 90.1 Å². The maximum Gasteiger partial charge on any atom is 0.0605 e. The number of aliphatic hydroxyl groups excluding tert-OH is 10. The molecule has 0 heterocycles. The molecule has 16 rings (SSSR count). The Morgan fingerprint density at radius 1 is 0.243 bits per heavy atom. The van der Waals surface area contributed by atoms with Gasteiger partial charge in [0.15, 0.2) is 0 Å². The number of hydrogen-bond donors (Lipinski definition) is 10. The predicted molar refractivity (Wildman–Crippen MR) is 473 cm³/mol. The molecule has 0 spiro atoms. The van der Waals surface area contributed by atoms with E-state index in [0.29, 0.717) is 164 Å². The van der Waals surface area contributed by atoms with Crippen LogP contribution in [0.25, 0.3) is 0 Å². The molecule has 16 aliphatic rings. The fourth-order valence-corrected chi connectivity index (χ4v) is 38.3. The van der Waals surface area contributed by atoms with Crippen molar-refractivity contribution in [3.63, 3.8) is 0 Å². The van der Waals surface area contributed by atoms with Gasteiger partial charge in [0, 0.05) is 0 Å². The highest BCUT2D eigenvalue weighted by atomic mass is 16.3. The SMILES string of the molecule is C.CCC[C@@H](C)[C@H]1CCC2C3C(CC[C@@]21C)[C@@]1(C)CC[C@@H](O)C[C@H]1[C@@H](CC)[C@@H]3O.CCC[C@@H](C)[C@H]1CCC2C3C(CC[C@@]21C)[C@@]1(C)CC[C@@H](O)C[C@H]1[C@@H](CC)[C@H]3O.CCC[C@@H](C)[C@H]1CCC2C3C(C[C@H](O)[C@@]21C)[C@@]1(C)CC[C@@H](O)C[C@H]1[C@@H](CC)[C@@H]3O.CCC[C@@H](C)[C@H]1CCC2C3C(C[C@H](O)[C@@]21C)[C@@]1(C)CC[C@@H](O)C[C@H]1[C@@H](CC)[C@H]3O. The van der Waals surface area contributed by atoms with E-state index in [1.807, 2.05) is 0 Å². The molecule has 10 N–H and O–H groups in total. The largest absolute Gasteiger partial charge is 0.393 e. The third-order valence-electron chi connectivity index (χ3n) is 43.8. The summed E-state index contributed by atoms with van der Waals surface area (Å²) in [6.07, 6.45) is 41.2. The summed E-state index contributed by atoms with van der Waals surface area (Å²) in [5, 5.41) is 112. The molecule has 0 saturated heterocycles. The third kappa shape index (κ3) is 15.3. The van der Waals surface area contributed by atoms with Gasteiger partial charge in [-0.3, -0.25) is 0 Å². The van der Waals surface area contributed by atoms with E-state index in [0.717, 1.165) is 126 Å². The standard InChI is InChI=1S/2C26H46O3.2C26H46O2.CH4/c2*1-6-8-15(3)18-9-10-19-23-21(14-22(28)26(18,19)5)25(4)12-11-16(27)13-20(25)17(7-2)24(23)29;2*1-6-8-16(3)19-9-10-20-23-21(12-14-25(19,20)4)26(5)13-11-17(27)15-22(26)18(7-2)24(23)28;/h2*15-24,27-29H,6-14H2,1-5H3;2*16-24,27-28H,6-15H2,1-5H3;1H4/t15-,16-,17-,18-,19?,20+,21?,22+,23?,24+,25+,26-;15-,16-,17-,18-,19?,20+,21?,22+,23?,24-,25+,26-;16-,17-,18-,19-,20?,21?,22+,23?,24+,25-,26-;16-,17-,18-,19-,20?,21?,22+,23?,24-,25-,26-;/m1111./s1. The van der Waals surface area contributed by atoms with Crippen LogP contribution in [0.5, 0.6) is 0 Å². The molecule has 0 aliphatic heterocycles. The Labute approximate surface area is 707 Å². The van der Waals surface area contributed by atoms with Gasteiger partial charge in [0.2, 0.25) is 0 Å². The summed E-state index contributed by atoms with van der Waals surface area (Å²) in [6.45, 7) is 47.9. The van der Waals surface area contributed by atoms with Gasteiger partial charge in [-0.15, -0.1) is 0 Å². The van der Waals surface area contributed by atoms with E-state index >= 15 is 0 Å². The summed E-state index contributed by atoms with van der Waals surface area (Å²) >= 11 is 0. The number of aliphatic hydroxyl groups is 10. The molecule has 0 aromatic heterocycles. The lowest BCUT2D eigenvalue weighted by atomic mass is 9.41. The van der Waals surface area contributed by atoms with Gasteiger partial charge in [-0.05, 0) is 376 Å². The summed E-state index contributed by atoms with van der Waals surface area (Å²) in [6, 6.07) is 0. The van der Waals surface area contributed by atoms with Gasteiger partial charge in [0.05, 0.1) is 61.0 Å². The van der Waals surface area contributed by atoms with Crippen LogP contribution in [0.4, 0.5) is 0 Å². The van der Waals surface area contributed by atoms with Crippen LogP contribution in [-0.2, 0) is 0 Å². The molecule has 668 valence electrons. The van der Waals surface area contributed by atoms with Crippen LogP contribution in [0.2, 0.25) is 0 Å². The Morgan fingerprint density at radius 3 is 0.722 bits per heavy atom. The van der Waals surface area contributed by atoms with Gasteiger partial charge in [-0.25, -0.2) is 0 Å². The highest BCUT2D eigenvalue weighted by molar-refractivity contribution is 5.21. The maximum absolute atomic E-state index is 11.7. The normalized spacial score (nSPS) is 54.6. The Hall–Kier alpha value is -0.400. The van der Waals surface area contributed by atoms with Crippen LogP contribution >= 0.6 is 0 Å². The molecular weight excluding hydrogens is 1420 g/mol. The van der Waals surface area contributed by atoms with Crippen LogP contribution in [0, 0.1) is 209 Å². The molecule has 10 nitrogen and oxygen atoms in total. The summed E-state index contributed by atoms with van der Waals surface area (Å²) < 4.78 is 0. The first-order valence-electron chi connectivity index (χ1n) is 50.7. The van der Waals surface area contributed by atoms with Crippen LogP contribution in [-0.4, -0.2) is 112 Å². The van der Waals surface area contributed by atoms with Gasteiger partial charge in [0.1, 0.15) is 0 Å². The van der Waals surface area contributed by atoms with Crippen LogP contribution in [0.15, 0.2) is 0 Å². The first-order chi connectivity index (χ1) is 53.9. The third-order valence-corrected chi connectivity index (χ3v) is 43.8. The maximum atomic E-state index is 11.7. The molecule has 10 heteroatoms. The molecular formula is C105H188O10. The van der Waals surface area contributed by atoms with E-state index in [4.69, 9.17) is 0 Å². The summed E-state index contributed by atoms with van der Waals surface area (Å²) in [7, 11) is 0. The second-order valence-corrected chi connectivity index (χ2v) is 47.7. The minimum absolute atomic E-state index is 0. The van der Waals surface area contributed by atoms with Crippen LogP contribution in [0.3, 0.4) is 0 Å². The van der Waals surface area contributed by atoms with Gasteiger partial charge in [-0.2, -0.15) is 0 Å². The van der Waals surface area contributed by atoms with Crippen molar-refractivity contribution in [2.45, 2.75) is 451 Å². The van der Waals surface area contributed by atoms with Crippen molar-refractivity contribution in [3.05, 3.63) is 0 Å². The molecule has 16 saturated carbocycles. The van der Waals surface area contributed by atoms with E-state index in [9.17, 15) is 51.1 Å². The lowest BCUT2D eigenvalue weighted by Gasteiger charge is -2.65. The molecule has 0 bridgehead atoms. The molecule has 16 fully saturated rings. The van der Waals surface area contributed by atoms with Crippen LogP contribution in [0.1, 0.15) is 390 Å². The van der Waals surface area contributed by atoms with Crippen molar-refractivity contribution in [2.75, 3.05) is 0 Å². The first-order valence-corrected chi connectivity index (χ1v) is 50.7. The minimum atomic E-state index is -0.273. The Balaban J connectivity index is 0.000000141. The number of fused-ring (bicyclic) bond motifs is 20. The van der Waals surface area contributed by atoms with Crippen LogP contribution < -0.4 is 0 Å². The number of hydrogen-bond acceptors (Lipinski definition) is 10. The molecule has 16 aliphatic carbocycles. The molecule has 0 aromatic carbocycles. The van der Waals surface area contributed by atoms with E-state index < -0.39 is 0 Å². The summed E-state index contributed by atoms with van der Waals surface area (Å²) in [4.78, 5) is 0. The van der Waals surface area contributed by atoms with Crippen molar-refractivity contribution in [1.82, 2.24) is 0 Å². The topological polar surface area (TPSA) is 202 Å². The van der Waals surface area contributed by atoms with Gasteiger partial charge >= 0.3 is 0 Å². The fraction of sp³-hybridized carbons (Fsp3) is 1.00. The second kappa shape index (κ2) is 36.2. The molecule has 115 heavy (non-hydrogen) atoms. The molecule has 0 amide bonds. The zero-order valence-corrected chi connectivity index (χ0v) is 77.3. The van der Waals surface area contributed by atoms with Gasteiger partial charge < -0.3 is 51.1 Å². The summed E-state index contributed by atoms with van der Waals surface area (Å²) in [5.41, 5.74) is 1.74. The monoisotopic (exact) mass is 1610 g/mol. The zero-order chi connectivity index (χ0) is 82.8. The highest BCUT2D eigenvalue weighted by Crippen LogP contribution is 2.76. The molecule has 46 atom stereocenters. The highest BCUT2D eigenvalue weighted by Gasteiger charge is 2.72. The van der Waals surface area contributed by atoms with Crippen molar-refractivity contribution < 1.29 is 51.1 Å². The van der Waals surface area contributed by atoms with Crippen molar-refractivity contribution in [1.29, 1.82) is 0 Å². The van der Waals surface area contributed by atoms with Crippen molar-refractivity contribution >= 4 is 0 Å². The average molecular weight is 1610 g/mol. The zero-order valence-electron chi connectivity index (χ0n) is 77.3. The van der Waals surface area contributed by atoms with Gasteiger partial charge in [-0.1, -0.05) is 223 Å². The molecule has 0 radical (unpaired) electrons. The number of rotatable bonds is 16. The Bertz CT molecular complexity index is 2910. The smallest absolute Gasteiger partial charge is 0.0605 e. The Morgan fingerprint density at radius 2 is 0.461 bits per heavy atom. The molecule has 12 unspecified atom stereocenters. The van der Waals surface area contributed by atoms with Gasteiger partial charge in [0.25, 0.3) is 0 Å². The molecule has 0 aromatic rings. The average Bonchev–Trinajstić information content (AvgIpc) is 1.69. The lowest BCUT2D eigenvalue weighted by molar-refractivity contribution is -0.228.